The molecule has 0 radical (unpaired) electrons. The Balaban J connectivity index is 1.45. The molecule has 4 saturated carbocycles. The zero-order valence-corrected chi connectivity index (χ0v) is 21.9. The van der Waals surface area contributed by atoms with E-state index in [0.717, 1.165) is 19.3 Å². The molecule has 0 bridgehead atoms. The van der Waals surface area contributed by atoms with Crippen LogP contribution in [0.1, 0.15) is 78.6 Å². The fourth-order valence-electron chi connectivity index (χ4n) is 8.36. The first-order valence-corrected chi connectivity index (χ1v) is 14.7. The molecule has 0 aromatic rings. The van der Waals surface area contributed by atoms with Crippen LogP contribution in [-0.4, -0.2) is 48.5 Å². The number of rotatable bonds is 7. The monoisotopic (exact) mass is 509 g/mol. The summed E-state index contributed by atoms with van der Waals surface area (Å²) in [5.74, 6) is 0.108. The first-order valence-electron chi connectivity index (χ1n) is 13.1. The van der Waals surface area contributed by atoms with Crippen molar-refractivity contribution in [3.63, 3.8) is 0 Å². The van der Waals surface area contributed by atoms with Crippen molar-refractivity contribution in [1.82, 2.24) is 5.32 Å². The van der Waals surface area contributed by atoms with Gasteiger partial charge in [0.15, 0.2) is 0 Å². The van der Waals surface area contributed by atoms with Crippen molar-refractivity contribution in [2.24, 2.45) is 46.3 Å². The van der Waals surface area contributed by atoms with E-state index < -0.39 is 21.3 Å². The van der Waals surface area contributed by atoms with Crippen LogP contribution in [0.4, 0.5) is 0 Å². The first-order chi connectivity index (χ1) is 16.3. The maximum absolute atomic E-state index is 13.8. The van der Waals surface area contributed by atoms with E-state index in [0.29, 0.717) is 32.1 Å². The quantitative estimate of drug-likeness (QED) is 0.504. The van der Waals surface area contributed by atoms with Crippen LogP contribution in [-0.2, 0) is 29.3 Å². The molecular weight excluding hydrogens is 470 g/mol. The summed E-state index contributed by atoms with van der Waals surface area (Å²) in [4.78, 5) is 51.5. The molecule has 196 valence electrons. The number of ketones is 3. The lowest BCUT2D eigenvalue weighted by atomic mass is 9.44. The maximum atomic E-state index is 13.8. The summed E-state index contributed by atoms with van der Waals surface area (Å²) in [5.41, 5.74) is -0.710. The third kappa shape index (κ3) is 4.75. The molecule has 4 aliphatic carbocycles. The van der Waals surface area contributed by atoms with Gasteiger partial charge in [-0.1, -0.05) is 20.8 Å². The number of carbonyl (C=O) groups is 4. The van der Waals surface area contributed by atoms with Crippen molar-refractivity contribution in [2.45, 2.75) is 78.6 Å². The molecule has 8 nitrogen and oxygen atoms in total. The number of hydrogen-bond donors (Lipinski definition) is 2. The molecule has 9 heteroatoms. The Hall–Kier alpha value is -1.61. The Morgan fingerprint density at radius 3 is 2.51 bits per heavy atom. The minimum atomic E-state index is -4.12. The van der Waals surface area contributed by atoms with Gasteiger partial charge in [-0.05, 0) is 60.7 Å². The zero-order valence-electron chi connectivity index (χ0n) is 21.0. The molecule has 4 aliphatic rings. The molecule has 1 amide bonds. The van der Waals surface area contributed by atoms with Crippen molar-refractivity contribution in [1.29, 1.82) is 0 Å². The zero-order chi connectivity index (χ0) is 25.8. The van der Waals surface area contributed by atoms with E-state index >= 15 is 0 Å². The highest BCUT2D eigenvalue weighted by molar-refractivity contribution is 7.85. The molecule has 0 heterocycles. The molecule has 0 saturated heterocycles. The number of amides is 1. The highest BCUT2D eigenvalue weighted by Gasteiger charge is 2.66. The van der Waals surface area contributed by atoms with Gasteiger partial charge in [0.2, 0.25) is 5.91 Å². The summed E-state index contributed by atoms with van der Waals surface area (Å²) in [5, 5.41) is 2.52. The van der Waals surface area contributed by atoms with Crippen LogP contribution in [0, 0.1) is 46.3 Å². The fourth-order valence-corrected chi connectivity index (χ4v) is 8.72. The summed E-state index contributed by atoms with van der Waals surface area (Å²) in [7, 11) is -4.12. The molecule has 1 unspecified atom stereocenters. The SMILES string of the molecule is C[C@H](CCC(=O)NCCS(=O)(=O)O)[C@H]1CC[C@H]2[C@@H]3C(=O)CC4CC(=O)CC[C@]4(C)[C@H]3CC(=O)[C@]12C. The van der Waals surface area contributed by atoms with Crippen LogP contribution in [0.25, 0.3) is 0 Å². The van der Waals surface area contributed by atoms with Gasteiger partial charge < -0.3 is 5.32 Å². The Morgan fingerprint density at radius 1 is 1.11 bits per heavy atom. The van der Waals surface area contributed by atoms with E-state index in [1.54, 1.807) is 0 Å². The second-order valence-corrected chi connectivity index (χ2v) is 13.7. The Morgan fingerprint density at radius 2 is 1.83 bits per heavy atom. The van der Waals surface area contributed by atoms with Crippen LogP contribution < -0.4 is 5.32 Å². The number of hydrogen-bond acceptors (Lipinski definition) is 6. The van der Waals surface area contributed by atoms with E-state index in [-0.39, 0.29) is 77.1 Å². The lowest BCUT2D eigenvalue weighted by molar-refractivity contribution is -0.166. The maximum Gasteiger partial charge on any atom is 0.266 e. The average Bonchev–Trinajstić information content (AvgIpc) is 3.12. The molecule has 2 N–H and O–H groups in total. The highest BCUT2D eigenvalue weighted by Crippen LogP contribution is 2.66. The Labute approximate surface area is 208 Å². The molecule has 0 spiro atoms. The second kappa shape index (κ2) is 9.36. The first kappa shape index (κ1) is 26.5. The van der Waals surface area contributed by atoms with Crippen molar-refractivity contribution >= 4 is 33.4 Å². The fraction of sp³-hybridized carbons (Fsp3) is 0.846. The van der Waals surface area contributed by atoms with Crippen molar-refractivity contribution in [2.75, 3.05) is 12.3 Å². The molecule has 0 aromatic heterocycles. The predicted molar refractivity (Wildman–Crippen MR) is 129 cm³/mol. The van der Waals surface area contributed by atoms with Crippen molar-refractivity contribution < 1.29 is 32.1 Å². The van der Waals surface area contributed by atoms with E-state index in [4.69, 9.17) is 4.55 Å². The Kier molecular flexibility index (Phi) is 7.07. The van der Waals surface area contributed by atoms with Gasteiger partial charge in [0, 0.05) is 50.0 Å². The van der Waals surface area contributed by atoms with Crippen LogP contribution in [0.2, 0.25) is 0 Å². The van der Waals surface area contributed by atoms with Gasteiger partial charge in [-0.2, -0.15) is 8.42 Å². The van der Waals surface area contributed by atoms with Gasteiger partial charge in [0.25, 0.3) is 10.1 Å². The van der Waals surface area contributed by atoms with E-state index in [1.165, 1.54) is 0 Å². The molecular formula is C26H39NO7S. The normalized spacial score (nSPS) is 40.0. The average molecular weight is 510 g/mol. The van der Waals surface area contributed by atoms with E-state index in [9.17, 15) is 27.6 Å². The number of carbonyl (C=O) groups excluding carboxylic acids is 4. The predicted octanol–water partition coefficient (Wildman–Crippen LogP) is 2.99. The number of Topliss-reactive ketones (excluding diaryl/α,β-unsaturated/α-hetero) is 3. The summed E-state index contributed by atoms with van der Waals surface area (Å²) >= 11 is 0. The third-order valence-electron chi connectivity index (χ3n) is 10.4. The van der Waals surface area contributed by atoms with Crippen LogP contribution in [0.3, 0.4) is 0 Å². The van der Waals surface area contributed by atoms with Crippen LogP contribution in [0.5, 0.6) is 0 Å². The molecule has 0 aliphatic heterocycles. The lowest BCUT2D eigenvalue weighted by Crippen LogP contribution is -2.60. The van der Waals surface area contributed by atoms with Gasteiger partial charge in [-0.25, -0.2) is 0 Å². The van der Waals surface area contributed by atoms with Crippen molar-refractivity contribution in [3.05, 3.63) is 0 Å². The molecule has 35 heavy (non-hydrogen) atoms. The largest absolute Gasteiger partial charge is 0.355 e. The van der Waals surface area contributed by atoms with Gasteiger partial charge in [0.1, 0.15) is 17.3 Å². The van der Waals surface area contributed by atoms with Gasteiger partial charge in [0.05, 0.1) is 5.75 Å². The summed E-state index contributed by atoms with van der Waals surface area (Å²) in [6, 6.07) is 0. The minimum absolute atomic E-state index is 0.0210. The topological polar surface area (TPSA) is 135 Å². The van der Waals surface area contributed by atoms with Gasteiger partial charge in [-0.15, -0.1) is 0 Å². The van der Waals surface area contributed by atoms with Crippen molar-refractivity contribution in [3.8, 4) is 0 Å². The molecule has 8 atom stereocenters. The molecule has 4 fully saturated rings. The summed E-state index contributed by atoms with van der Waals surface area (Å²) < 4.78 is 30.4. The van der Waals surface area contributed by atoms with Crippen LogP contribution in [0.15, 0.2) is 0 Å². The molecule has 0 aromatic carbocycles. The standard InChI is InChI=1S/C26H39NO7S/c1-15(4-7-23(31)27-10-11-35(32,33)34)18-5-6-19-24-20(14-22(30)26(18,19)3)25(2)9-8-17(28)12-16(25)13-21(24)29/h15-16,18-20,24H,4-14H2,1-3H3,(H,27,31)(H,32,33,34)/t15-,16?,18-,19+,20+,24+,25+,26-/m1/s1. The Bertz CT molecular complexity index is 1020. The minimum Gasteiger partial charge on any atom is -0.355 e. The van der Waals surface area contributed by atoms with Crippen LogP contribution >= 0.6 is 0 Å². The molecule has 4 rings (SSSR count). The number of nitrogens with one attached hydrogen (secondary N) is 1. The summed E-state index contributed by atoms with van der Waals surface area (Å²) in [6.45, 7) is 6.18. The highest BCUT2D eigenvalue weighted by atomic mass is 32.2. The summed E-state index contributed by atoms with van der Waals surface area (Å²) in [6.07, 6.45) is 5.13. The second-order valence-electron chi connectivity index (χ2n) is 12.1. The van der Waals surface area contributed by atoms with E-state index in [1.807, 2.05) is 6.92 Å². The van der Waals surface area contributed by atoms with Gasteiger partial charge in [-0.3, -0.25) is 23.7 Å². The van der Waals surface area contributed by atoms with Gasteiger partial charge >= 0.3 is 0 Å². The smallest absolute Gasteiger partial charge is 0.266 e. The van der Waals surface area contributed by atoms with E-state index in [2.05, 4.69) is 19.2 Å². The third-order valence-corrected chi connectivity index (χ3v) is 11.1. The number of fused-ring (bicyclic) bond motifs is 5. The lowest BCUT2D eigenvalue weighted by Gasteiger charge is -2.58.